The van der Waals surface area contributed by atoms with Crippen LogP contribution in [-0.4, -0.2) is 20.4 Å². The van der Waals surface area contributed by atoms with Gasteiger partial charge in [-0.2, -0.15) is 0 Å². The van der Waals surface area contributed by atoms with Crippen molar-refractivity contribution >= 4 is 21.5 Å². The number of rotatable bonds is 0. The normalized spacial score (nSPS) is 9.87. The van der Waals surface area contributed by atoms with Gasteiger partial charge in [0.2, 0.25) is 0 Å². The molecule has 0 aliphatic heterocycles. The number of fused-ring (bicyclic) bond motifs is 2. The highest BCUT2D eigenvalue weighted by atomic mass is 16.3. The SMILES string of the molecule is Oc1cccc2ccccc12.Oc1cccc2ccccc12.Oc1ccccc1O. The Balaban J connectivity index is 0.000000130. The molecule has 0 atom stereocenters. The van der Waals surface area contributed by atoms with E-state index in [0.717, 1.165) is 21.5 Å². The first kappa shape index (κ1) is 20.6. The molecular weight excluding hydrogens is 376 g/mol. The van der Waals surface area contributed by atoms with Crippen LogP contribution in [0.4, 0.5) is 0 Å². The van der Waals surface area contributed by atoms with Crippen molar-refractivity contribution in [3.05, 3.63) is 109 Å². The van der Waals surface area contributed by atoms with Crippen molar-refractivity contribution in [3.63, 3.8) is 0 Å². The van der Waals surface area contributed by atoms with E-state index in [-0.39, 0.29) is 11.5 Å². The van der Waals surface area contributed by atoms with Gasteiger partial charge in [0, 0.05) is 10.8 Å². The molecule has 0 unspecified atom stereocenters. The van der Waals surface area contributed by atoms with Crippen LogP contribution < -0.4 is 0 Å². The quantitative estimate of drug-likeness (QED) is 0.235. The summed E-state index contributed by atoms with van der Waals surface area (Å²) >= 11 is 0. The Hall–Kier alpha value is -4.18. The molecule has 0 aliphatic rings. The van der Waals surface area contributed by atoms with Gasteiger partial charge in [0.15, 0.2) is 11.5 Å². The van der Waals surface area contributed by atoms with E-state index < -0.39 is 0 Å². The predicted molar refractivity (Wildman–Crippen MR) is 121 cm³/mol. The second-order valence-corrected chi connectivity index (χ2v) is 6.49. The van der Waals surface area contributed by atoms with Crippen LogP contribution in [0.2, 0.25) is 0 Å². The maximum absolute atomic E-state index is 9.37. The summed E-state index contributed by atoms with van der Waals surface area (Å²) in [5.41, 5.74) is 0. The number of hydrogen-bond acceptors (Lipinski definition) is 4. The summed E-state index contributed by atoms with van der Waals surface area (Å²) in [6.45, 7) is 0. The number of para-hydroxylation sites is 2. The molecule has 30 heavy (non-hydrogen) atoms. The van der Waals surface area contributed by atoms with Crippen LogP contribution in [-0.2, 0) is 0 Å². The lowest BCUT2D eigenvalue weighted by molar-refractivity contribution is 0.404. The number of benzene rings is 5. The van der Waals surface area contributed by atoms with Crippen molar-refractivity contribution in [1.29, 1.82) is 0 Å². The topological polar surface area (TPSA) is 80.9 Å². The first-order valence-corrected chi connectivity index (χ1v) is 9.36. The minimum absolute atomic E-state index is 0.0764. The fraction of sp³-hybridized carbons (Fsp3) is 0. The van der Waals surface area contributed by atoms with Gasteiger partial charge in [-0.3, -0.25) is 0 Å². The van der Waals surface area contributed by atoms with Crippen molar-refractivity contribution in [2.45, 2.75) is 0 Å². The standard InChI is InChI=1S/2C10H8O.C6H6O2/c2*11-10-7-3-5-8-4-1-2-6-9(8)10;7-5-3-1-2-4-6(5)8/h2*1-7,11H;1-4,7-8H. The Labute approximate surface area is 174 Å². The monoisotopic (exact) mass is 398 g/mol. The van der Waals surface area contributed by atoms with Crippen LogP contribution in [0.1, 0.15) is 0 Å². The lowest BCUT2D eigenvalue weighted by Gasteiger charge is -1.97. The third-order valence-corrected chi connectivity index (χ3v) is 4.41. The highest BCUT2D eigenvalue weighted by molar-refractivity contribution is 5.88. The molecule has 0 saturated carbocycles. The van der Waals surface area contributed by atoms with E-state index in [4.69, 9.17) is 10.2 Å². The first-order chi connectivity index (χ1) is 14.6. The number of phenolic OH excluding ortho intramolecular Hbond substituents is 4. The Morgan fingerprint density at radius 1 is 0.300 bits per heavy atom. The average molecular weight is 398 g/mol. The summed E-state index contributed by atoms with van der Waals surface area (Å²) in [6, 6.07) is 32.7. The second kappa shape index (κ2) is 9.85. The number of aromatic hydroxyl groups is 4. The fourth-order valence-electron chi connectivity index (χ4n) is 2.88. The van der Waals surface area contributed by atoms with Crippen LogP contribution in [0.3, 0.4) is 0 Å². The average Bonchev–Trinajstić information content (AvgIpc) is 2.78. The van der Waals surface area contributed by atoms with E-state index in [1.54, 1.807) is 24.3 Å². The molecule has 0 saturated heterocycles. The molecule has 5 rings (SSSR count). The molecule has 0 heterocycles. The number of phenols is 4. The maximum atomic E-state index is 9.37. The highest BCUT2D eigenvalue weighted by Gasteiger charge is 1.95. The molecule has 4 nitrogen and oxygen atoms in total. The molecule has 0 radical (unpaired) electrons. The van der Waals surface area contributed by atoms with Gasteiger partial charge in [-0.1, -0.05) is 84.9 Å². The molecular formula is C26H22O4. The predicted octanol–water partition coefficient (Wildman–Crippen LogP) is 6.19. The van der Waals surface area contributed by atoms with Gasteiger partial charge in [0.25, 0.3) is 0 Å². The minimum atomic E-state index is -0.0764. The molecule has 0 fully saturated rings. The first-order valence-electron chi connectivity index (χ1n) is 9.36. The molecule has 150 valence electrons. The van der Waals surface area contributed by atoms with Gasteiger partial charge in [0.1, 0.15) is 11.5 Å². The summed E-state index contributed by atoms with van der Waals surface area (Å²) in [7, 11) is 0. The largest absolute Gasteiger partial charge is 0.507 e. The van der Waals surface area contributed by atoms with Crippen LogP contribution in [0.5, 0.6) is 23.0 Å². The third-order valence-electron chi connectivity index (χ3n) is 4.41. The van der Waals surface area contributed by atoms with Crippen LogP contribution in [0.25, 0.3) is 21.5 Å². The highest BCUT2D eigenvalue weighted by Crippen LogP contribution is 2.24. The number of hydrogen-bond donors (Lipinski definition) is 4. The van der Waals surface area contributed by atoms with E-state index in [1.165, 1.54) is 12.1 Å². The molecule has 0 amide bonds. The Morgan fingerprint density at radius 3 is 0.967 bits per heavy atom. The summed E-state index contributed by atoms with van der Waals surface area (Å²) in [5, 5.41) is 40.1. The van der Waals surface area contributed by atoms with Crippen LogP contribution in [0, 0.1) is 0 Å². The van der Waals surface area contributed by atoms with E-state index in [9.17, 15) is 10.2 Å². The summed E-state index contributed by atoms with van der Waals surface area (Å²) < 4.78 is 0. The van der Waals surface area contributed by atoms with Gasteiger partial charge in [-0.05, 0) is 35.0 Å². The summed E-state index contributed by atoms with van der Waals surface area (Å²) in [4.78, 5) is 0. The van der Waals surface area contributed by atoms with E-state index in [0.29, 0.717) is 11.5 Å². The fourth-order valence-corrected chi connectivity index (χ4v) is 2.88. The summed E-state index contributed by atoms with van der Waals surface area (Å²) in [6.07, 6.45) is 0. The van der Waals surface area contributed by atoms with E-state index >= 15 is 0 Å². The Morgan fingerprint density at radius 2 is 0.600 bits per heavy atom. The van der Waals surface area contributed by atoms with Crippen LogP contribution in [0.15, 0.2) is 109 Å². The summed E-state index contributed by atoms with van der Waals surface area (Å²) in [5.74, 6) is 0.547. The molecule has 5 aromatic rings. The molecule has 5 aromatic carbocycles. The van der Waals surface area contributed by atoms with Gasteiger partial charge in [0.05, 0.1) is 0 Å². The smallest absolute Gasteiger partial charge is 0.157 e. The zero-order valence-electron chi connectivity index (χ0n) is 16.2. The third kappa shape index (κ3) is 5.20. The molecule has 0 spiro atoms. The zero-order valence-corrected chi connectivity index (χ0v) is 16.2. The maximum Gasteiger partial charge on any atom is 0.157 e. The van der Waals surface area contributed by atoms with E-state index in [2.05, 4.69) is 0 Å². The van der Waals surface area contributed by atoms with Gasteiger partial charge < -0.3 is 20.4 Å². The Bertz CT molecular complexity index is 1140. The molecule has 0 aromatic heterocycles. The second-order valence-electron chi connectivity index (χ2n) is 6.49. The van der Waals surface area contributed by atoms with Gasteiger partial charge in [-0.25, -0.2) is 0 Å². The molecule has 4 N–H and O–H groups in total. The lowest BCUT2D eigenvalue weighted by Crippen LogP contribution is -1.70. The zero-order chi connectivity index (χ0) is 21.3. The van der Waals surface area contributed by atoms with E-state index in [1.807, 2.05) is 72.8 Å². The van der Waals surface area contributed by atoms with Gasteiger partial charge >= 0.3 is 0 Å². The van der Waals surface area contributed by atoms with Crippen LogP contribution >= 0.6 is 0 Å². The minimum Gasteiger partial charge on any atom is -0.507 e. The van der Waals surface area contributed by atoms with Crippen molar-refractivity contribution < 1.29 is 20.4 Å². The van der Waals surface area contributed by atoms with Crippen molar-refractivity contribution in [2.75, 3.05) is 0 Å². The van der Waals surface area contributed by atoms with Crippen molar-refractivity contribution in [3.8, 4) is 23.0 Å². The lowest BCUT2D eigenvalue weighted by atomic mass is 10.1. The molecule has 4 heteroatoms. The molecule has 0 aliphatic carbocycles. The molecule has 0 bridgehead atoms. The van der Waals surface area contributed by atoms with Crippen molar-refractivity contribution in [1.82, 2.24) is 0 Å². The van der Waals surface area contributed by atoms with Gasteiger partial charge in [-0.15, -0.1) is 0 Å². The van der Waals surface area contributed by atoms with Crippen molar-refractivity contribution in [2.24, 2.45) is 0 Å². The Kier molecular flexibility index (Phi) is 6.74.